The summed E-state index contributed by atoms with van der Waals surface area (Å²) in [5.41, 5.74) is 4.07. The fourth-order valence-electron chi connectivity index (χ4n) is 4.52. The number of ether oxygens (including phenoxy) is 1. The third-order valence-corrected chi connectivity index (χ3v) is 6.59. The Morgan fingerprint density at radius 2 is 1.83 bits per heavy atom. The van der Waals surface area contributed by atoms with Gasteiger partial charge in [0.25, 0.3) is 5.91 Å². The lowest BCUT2D eigenvalue weighted by Crippen LogP contribution is -2.37. The molecule has 0 saturated carbocycles. The minimum Gasteiger partial charge on any atom is -0.493 e. The van der Waals surface area contributed by atoms with Crippen molar-refractivity contribution in [3.63, 3.8) is 0 Å². The number of benzene rings is 3. The van der Waals surface area contributed by atoms with Gasteiger partial charge >= 0.3 is 0 Å². The third kappa shape index (κ3) is 6.70. The summed E-state index contributed by atoms with van der Waals surface area (Å²) in [5, 5.41) is 6.52. The summed E-state index contributed by atoms with van der Waals surface area (Å²) in [6.45, 7) is 6.73. The minimum atomic E-state index is -0.535. The van der Waals surface area contributed by atoms with Crippen LogP contribution in [0.5, 0.6) is 5.75 Å². The van der Waals surface area contributed by atoms with E-state index in [1.165, 1.54) is 17.2 Å². The fourth-order valence-corrected chi connectivity index (χ4v) is 4.52. The van der Waals surface area contributed by atoms with Gasteiger partial charge in [0.05, 0.1) is 6.61 Å². The number of halogens is 1. The lowest BCUT2D eigenvalue weighted by atomic mass is 9.84. The Morgan fingerprint density at radius 3 is 2.69 bits per heavy atom. The second kappa shape index (κ2) is 11.5. The lowest BCUT2D eigenvalue weighted by Gasteiger charge is -2.26. The molecule has 3 aromatic carbocycles. The highest BCUT2D eigenvalue weighted by atomic mass is 19.1. The van der Waals surface area contributed by atoms with Gasteiger partial charge in [-0.15, -0.1) is 0 Å². The van der Waals surface area contributed by atoms with Gasteiger partial charge in [0.2, 0.25) is 0 Å². The van der Waals surface area contributed by atoms with E-state index in [0.29, 0.717) is 30.7 Å². The summed E-state index contributed by atoms with van der Waals surface area (Å²) in [4.78, 5) is 13.1. The first-order valence-corrected chi connectivity index (χ1v) is 12.5. The van der Waals surface area contributed by atoms with Crippen molar-refractivity contribution in [3.05, 3.63) is 100 Å². The standard InChI is InChI=1S/C30H35FN2O2/c1-30(2,26-11-4-5-12-27(26)31)21-33-29(34)24-13-14-28-25(19-24)18-22-9-8-10-23(17-22)20-32-15-6-3-7-16-35-28/h4-5,8-14,17,19,32H,3,6-7,15-16,18,20-21H2,1-2H3,(H,33,34). The summed E-state index contributed by atoms with van der Waals surface area (Å²) in [6, 6.07) is 20.9. The normalized spacial score (nSPS) is 14.8. The average molecular weight is 475 g/mol. The van der Waals surface area contributed by atoms with Crippen LogP contribution in [0.4, 0.5) is 4.39 Å². The number of fused-ring (bicyclic) bond motifs is 3. The van der Waals surface area contributed by atoms with Gasteiger partial charge in [-0.3, -0.25) is 4.79 Å². The lowest BCUT2D eigenvalue weighted by molar-refractivity contribution is 0.0945. The molecule has 0 atom stereocenters. The minimum absolute atomic E-state index is 0.172. The van der Waals surface area contributed by atoms with E-state index < -0.39 is 5.41 Å². The molecule has 0 saturated heterocycles. The smallest absolute Gasteiger partial charge is 0.251 e. The van der Waals surface area contributed by atoms with E-state index in [0.717, 1.165) is 43.7 Å². The van der Waals surface area contributed by atoms with Crippen molar-refractivity contribution in [2.75, 3.05) is 19.7 Å². The van der Waals surface area contributed by atoms with Crippen molar-refractivity contribution in [1.82, 2.24) is 10.6 Å². The summed E-state index contributed by atoms with van der Waals surface area (Å²) in [7, 11) is 0. The highest BCUT2D eigenvalue weighted by Crippen LogP contribution is 2.27. The van der Waals surface area contributed by atoms with Gasteiger partial charge in [-0.05, 0) is 72.3 Å². The third-order valence-electron chi connectivity index (χ3n) is 6.59. The molecule has 0 fully saturated rings. The van der Waals surface area contributed by atoms with E-state index in [9.17, 15) is 9.18 Å². The Kier molecular flexibility index (Phi) is 8.19. The van der Waals surface area contributed by atoms with E-state index in [2.05, 4.69) is 34.9 Å². The molecule has 4 nitrogen and oxygen atoms in total. The van der Waals surface area contributed by atoms with Crippen LogP contribution in [0.2, 0.25) is 0 Å². The van der Waals surface area contributed by atoms with Gasteiger partial charge < -0.3 is 15.4 Å². The van der Waals surface area contributed by atoms with Crippen LogP contribution in [0.15, 0.2) is 66.7 Å². The van der Waals surface area contributed by atoms with Gasteiger partial charge in [-0.25, -0.2) is 4.39 Å². The van der Waals surface area contributed by atoms with Crippen LogP contribution in [0, 0.1) is 5.82 Å². The largest absolute Gasteiger partial charge is 0.493 e. The molecule has 0 unspecified atom stereocenters. The molecule has 3 aromatic rings. The molecule has 2 N–H and O–H groups in total. The van der Waals surface area contributed by atoms with Crippen molar-refractivity contribution in [1.29, 1.82) is 0 Å². The highest BCUT2D eigenvalue weighted by molar-refractivity contribution is 5.94. The first kappa shape index (κ1) is 24.9. The topological polar surface area (TPSA) is 50.4 Å². The Hall–Kier alpha value is -3.18. The summed E-state index contributed by atoms with van der Waals surface area (Å²) >= 11 is 0. The van der Waals surface area contributed by atoms with Gasteiger partial charge in [0.15, 0.2) is 0 Å². The van der Waals surface area contributed by atoms with Crippen LogP contribution in [0.1, 0.15) is 65.7 Å². The molecule has 184 valence electrons. The molecule has 1 amide bonds. The number of nitrogens with one attached hydrogen (secondary N) is 2. The molecule has 1 aliphatic rings. The number of amides is 1. The molecular formula is C30H35FN2O2. The van der Waals surface area contributed by atoms with E-state index in [1.807, 2.05) is 38.1 Å². The monoisotopic (exact) mass is 474 g/mol. The van der Waals surface area contributed by atoms with Gasteiger partial charge in [0, 0.05) is 30.5 Å². The van der Waals surface area contributed by atoms with Crippen LogP contribution in [-0.2, 0) is 18.4 Å². The van der Waals surface area contributed by atoms with Crippen LogP contribution >= 0.6 is 0 Å². The molecule has 35 heavy (non-hydrogen) atoms. The Balaban J connectivity index is 1.53. The van der Waals surface area contributed by atoms with Gasteiger partial charge in [-0.2, -0.15) is 0 Å². The predicted octanol–water partition coefficient (Wildman–Crippen LogP) is 5.78. The molecule has 0 spiro atoms. The van der Waals surface area contributed by atoms with Gasteiger partial charge in [-0.1, -0.05) is 56.3 Å². The van der Waals surface area contributed by atoms with Crippen molar-refractivity contribution in [2.45, 2.75) is 51.5 Å². The van der Waals surface area contributed by atoms with Crippen LogP contribution in [0.3, 0.4) is 0 Å². The fraction of sp³-hybridized carbons (Fsp3) is 0.367. The Labute approximate surface area is 207 Å². The van der Waals surface area contributed by atoms with Crippen LogP contribution < -0.4 is 15.4 Å². The summed E-state index contributed by atoms with van der Waals surface area (Å²) in [6.07, 6.45) is 3.92. The van der Waals surface area contributed by atoms with E-state index in [-0.39, 0.29) is 11.7 Å². The maximum Gasteiger partial charge on any atom is 0.251 e. The van der Waals surface area contributed by atoms with Crippen molar-refractivity contribution in [3.8, 4) is 5.75 Å². The second-order valence-electron chi connectivity index (χ2n) is 9.95. The van der Waals surface area contributed by atoms with E-state index in [1.54, 1.807) is 12.1 Å². The molecule has 2 bridgehead atoms. The highest BCUT2D eigenvalue weighted by Gasteiger charge is 2.25. The van der Waals surface area contributed by atoms with Crippen molar-refractivity contribution < 1.29 is 13.9 Å². The molecule has 1 aliphatic heterocycles. The molecule has 1 heterocycles. The zero-order chi connectivity index (χ0) is 24.7. The van der Waals surface area contributed by atoms with Crippen molar-refractivity contribution >= 4 is 5.91 Å². The summed E-state index contributed by atoms with van der Waals surface area (Å²) in [5.74, 6) is 0.399. The molecule has 0 radical (unpaired) electrons. The van der Waals surface area contributed by atoms with Crippen LogP contribution in [-0.4, -0.2) is 25.6 Å². The maximum absolute atomic E-state index is 14.3. The zero-order valence-electron chi connectivity index (χ0n) is 20.7. The average Bonchev–Trinajstić information content (AvgIpc) is 2.85. The molecule has 5 heteroatoms. The Bertz CT molecular complexity index is 1160. The van der Waals surface area contributed by atoms with Crippen LogP contribution in [0.25, 0.3) is 0 Å². The maximum atomic E-state index is 14.3. The zero-order valence-corrected chi connectivity index (χ0v) is 20.7. The number of carbonyl (C=O) groups is 1. The number of hydrogen-bond donors (Lipinski definition) is 2. The van der Waals surface area contributed by atoms with Gasteiger partial charge in [0.1, 0.15) is 11.6 Å². The number of rotatable bonds is 4. The van der Waals surface area contributed by atoms with E-state index >= 15 is 0 Å². The molecule has 0 aromatic heterocycles. The molecule has 0 aliphatic carbocycles. The first-order valence-electron chi connectivity index (χ1n) is 12.5. The van der Waals surface area contributed by atoms with E-state index in [4.69, 9.17) is 4.74 Å². The summed E-state index contributed by atoms with van der Waals surface area (Å²) < 4.78 is 20.4. The predicted molar refractivity (Wildman–Crippen MR) is 139 cm³/mol. The first-order chi connectivity index (χ1) is 16.9. The number of hydrogen-bond acceptors (Lipinski definition) is 3. The second-order valence-corrected chi connectivity index (χ2v) is 9.95. The van der Waals surface area contributed by atoms with Crippen molar-refractivity contribution in [2.24, 2.45) is 0 Å². The Morgan fingerprint density at radius 1 is 1.00 bits per heavy atom. The molecular weight excluding hydrogens is 439 g/mol. The SMILES string of the molecule is CC(C)(CNC(=O)c1ccc2c(c1)Cc1cccc(c1)CNCCCCCO2)c1ccccc1F. The quantitative estimate of drug-likeness (QED) is 0.504. The number of carbonyl (C=O) groups excluding carboxylic acids is 1. The molecule has 4 rings (SSSR count).